The van der Waals surface area contributed by atoms with Gasteiger partial charge in [-0.25, -0.2) is 9.67 Å². The molecule has 1 fully saturated rings. The second-order valence-corrected chi connectivity index (χ2v) is 7.48. The van der Waals surface area contributed by atoms with Gasteiger partial charge in [0.25, 0.3) is 0 Å². The molecule has 0 aliphatic heterocycles. The van der Waals surface area contributed by atoms with Crippen molar-refractivity contribution >= 4 is 23.4 Å². The van der Waals surface area contributed by atoms with E-state index in [-0.39, 0.29) is 5.91 Å². The minimum atomic E-state index is 0.0673. The molecule has 138 valence electrons. The van der Waals surface area contributed by atoms with Gasteiger partial charge in [0.15, 0.2) is 0 Å². The van der Waals surface area contributed by atoms with Crippen molar-refractivity contribution in [2.45, 2.75) is 30.8 Å². The molecule has 0 atom stereocenters. The number of thioether (sulfide) groups is 1. The lowest BCUT2D eigenvalue weighted by atomic mass is 10.3. The standard InChI is InChI=1S/C21H22N4OS/c1-2-24(17-9-5-3-6-10-17)19(26)15-27-21-22-20(16-13-14-16)25(23-21)18-11-7-4-8-12-18/h3-12,16H,2,13-15H2,1H3. The maximum atomic E-state index is 12.7. The summed E-state index contributed by atoms with van der Waals surface area (Å²) in [7, 11) is 0. The Bertz CT molecular complexity index is 906. The number of hydrogen-bond acceptors (Lipinski definition) is 4. The Hall–Kier alpha value is -2.60. The van der Waals surface area contributed by atoms with Gasteiger partial charge in [-0.15, -0.1) is 5.10 Å². The molecule has 1 aliphatic rings. The van der Waals surface area contributed by atoms with Crippen LogP contribution in [0.1, 0.15) is 31.5 Å². The fourth-order valence-electron chi connectivity index (χ4n) is 3.05. The lowest BCUT2D eigenvalue weighted by Gasteiger charge is -2.20. The third kappa shape index (κ3) is 4.06. The molecule has 4 rings (SSSR count). The van der Waals surface area contributed by atoms with Crippen LogP contribution in [0.2, 0.25) is 0 Å². The Labute approximate surface area is 163 Å². The van der Waals surface area contributed by atoms with Crippen LogP contribution >= 0.6 is 11.8 Å². The van der Waals surface area contributed by atoms with Crippen LogP contribution in [-0.4, -0.2) is 33.0 Å². The highest BCUT2D eigenvalue weighted by Gasteiger charge is 2.30. The summed E-state index contributed by atoms with van der Waals surface area (Å²) < 4.78 is 1.93. The molecule has 1 amide bonds. The van der Waals surface area contributed by atoms with E-state index in [0.717, 1.165) is 30.0 Å². The summed E-state index contributed by atoms with van der Waals surface area (Å²) >= 11 is 1.41. The van der Waals surface area contributed by atoms with Crippen LogP contribution in [0.25, 0.3) is 5.69 Å². The lowest BCUT2D eigenvalue weighted by Crippen LogP contribution is -2.32. The number of aromatic nitrogens is 3. The average molecular weight is 379 g/mol. The van der Waals surface area contributed by atoms with E-state index in [1.165, 1.54) is 11.8 Å². The van der Waals surface area contributed by atoms with Gasteiger partial charge < -0.3 is 4.90 Å². The fourth-order valence-corrected chi connectivity index (χ4v) is 3.75. The first-order chi connectivity index (χ1) is 13.3. The third-order valence-corrected chi connectivity index (χ3v) is 5.39. The third-order valence-electron chi connectivity index (χ3n) is 4.57. The van der Waals surface area contributed by atoms with Crippen LogP contribution in [0.15, 0.2) is 65.8 Å². The van der Waals surface area contributed by atoms with E-state index in [1.54, 1.807) is 4.90 Å². The maximum absolute atomic E-state index is 12.7. The summed E-state index contributed by atoms with van der Waals surface area (Å²) in [4.78, 5) is 19.2. The minimum Gasteiger partial charge on any atom is -0.312 e. The Balaban J connectivity index is 1.49. The van der Waals surface area contributed by atoms with Crippen LogP contribution in [-0.2, 0) is 4.79 Å². The van der Waals surface area contributed by atoms with Gasteiger partial charge in [0.2, 0.25) is 11.1 Å². The molecule has 0 N–H and O–H groups in total. The first kappa shape index (κ1) is 17.8. The molecule has 0 spiro atoms. The quantitative estimate of drug-likeness (QED) is 0.576. The van der Waals surface area contributed by atoms with Crippen molar-refractivity contribution in [3.8, 4) is 5.69 Å². The number of rotatable bonds is 7. The minimum absolute atomic E-state index is 0.0673. The van der Waals surface area contributed by atoms with E-state index < -0.39 is 0 Å². The number of carbonyl (C=O) groups excluding carboxylic acids is 1. The molecule has 0 saturated heterocycles. The largest absolute Gasteiger partial charge is 0.312 e. The summed E-state index contributed by atoms with van der Waals surface area (Å²) in [6.07, 6.45) is 2.32. The van der Waals surface area contributed by atoms with Crippen molar-refractivity contribution in [1.29, 1.82) is 0 Å². The SMILES string of the molecule is CCN(C(=O)CSc1nc(C2CC2)n(-c2ccccc2)n1)c1ccccc1. The molecule has 1 aliphatic carbocycles. The lowest BCUT2D eigenvalue weighted by molar-refractivity contribution is -0.116. The highest BCUT2D eigenvalue weighted by molar-refractivity contribution is 7.99. The van der Waals surface area contributed by atoms with Gasteiger partial charge in [-0.2, -0.15) is 0 Å². The number of nitrogens with zero attached hydrogens (tertiary/aromatic N) is 4. The molecular weight excluding hydrogens is 356 g/mol. The second-order valence-electron chi connectivity index (χ2n) is 6.54. The normalized spacial score (nSPS) is 13.5. The van der Waals surface area contributed by atoms with Gasteiger partial charge in [-0.05, 0) is 44.0 Å². The van der Waals surface area contributed by atoms with E-state index >= 15 is 0 Å². The number of carbonyl (C=O) groups is 1. The van der Waals surface area contributed by atoms with Gasteiger partial charge in [-0.1, -0.05) is 48.2 Å². The van der Waals surface area contributed by atoms with E-state index in [4.69, 9.17) is 4.98 Å². The van der Waals surface area contributed by atoms with Crippen molar-refractivity contribution in [3.05, 3.63) is 66.5 Å². The fraction of sp³-hybridized carbons (Fsp3) is 0.286. The molecule has 3 aromatic rings. The van der Waals surface area contributed by atoms with Gasteiger partial charge >= 0.3 is 0 Å². The summed E-state index contributed by atoms with van der Waals surface area (Å²) in [6, 6.07) is 19.8. The Morgan fingerprint density at radius 2 is 1.78 bits per heavy atom. The molecule has 1 heterocycles. The molecule has 2 aromatic carbocycles. The van der Waals surface area contributed by atoms with Crippen LogP contribution in [0.3, 0.4) is 0 Å². The Kier molecular flexibility index (Phi) is 5.25. The topological polar surface area (TPSA) is 51.0 Å². The van der Waals surface area contributed by atoms with Crippen molar-refractivity contribution in [2.24, 2.45) is 0 Å². The molecule has 1 aromatic heterocycles. The van der Waals surface area contributed by atoms with Gasteiger partial charge in [0, 0.05) is 18.2 Å². The summed E-state index contributed by atoms with van der Waals surface area (Å²) in [5.41, 5.74) is 1.94. The van der Waals surface area contributed by atoms with E-state index in [9.17, 15) is 4.79 Å². The first-order valence-electron chi connectivity index (χ1n) is 9.27. The average Bonchev–Trinajstić information content (AvgIpc) is 3.48. The van der Waals surface area contributed by atoms with E-state index in [1.807, 2.05) is 72.3 Å². The van der Waals surface area contributed by atoms with Gasteiger partial charge in [-0.3, -0.25) is 4.79 Å². The van der Waals surface area contributed by atoms with Crippen molar-refractivity contribution < 1.29 is 4.79 Å². The zero-order valence-corrected chi connectivity index (χ0v) is 16.1. The number of hydrogen-bond donors (Lipinski definition) is 0. The number of anilines is 1. The van der Waals surface area contributed by atoms with Gasteiger partial charge in [0.05, 0.1) is 11.4 Å². The number of benzene rings is 2. The summed E-state index contributed by atoms with van der Waals surface area (Å²) in [5.74, 6) is 1.88. The molecule has 6 heteroatoms. The van der Waals surface area contributed by atoms with Crippen LogP contribution in [0.4, 0.5) is 5.69 Å². The van der Waals surface area contributed by atoms with E-state index in [2.05, 4.69) is 5.10 Å². The van der Waals surface area contributed by atoms with Crippen molar-refractivity contribution in [2.75, 3.05) is 17.2 Å². The molecule has 0 bridgehead atoms. The molecule has 1 saturated carbocycles. The summed E-state index contributed by atoms with van der Waals surface area (Å²) in [6.45, 7) is 2.63. The maximum Gasteiger partial charge on any atom is 0.237 e. The Morgan fingerprint density at radius 1 is 1.11 bits per heavy atom. The predicted molar refractivity (Wildman–Crippen MR) is 109 cm³/mol. The monoisotopic (exact) mass is 378 g/mol. The molecule has 5 nitrogen and oxygen atoms in total. The molecule has 0 radical (unpaired) electrons. The zero-order valence-electron chi connectivity index (χ0n) is 15.3. The smallest absolute Gasteiger partial charge is 0.237 e. The van der Waals surface area contributed by atoms with E-state index in [0.29, 0.717) is 23.4 Å². The van der Waals surface area contributed by atoms with Gasteiger partial charge in [0.1, 0.15) is 5.82 Å². The van der Waals surface area contributed by atoms with Crippen LogP contribution < -0.4 is 4.90 Å². The van der Waals surface area contributed by atoms with Crippen molar-refractivity contribution in [1.82, 2.24) is 14.8 Å². The number of amides is 1. The van der Waals surface area contributed by atoms with Crippen LogP contribution in [0.5, 0.6) is 0 Å². The van der Waals surface area contributed by atoms with Crippen LogP contribution in [0, 0.1) is 0 Å². The highest BCUT2D eigenvalue weighted by Crippen LogP contribution is 2.40. The highest BCUT2D eigenvalue weighted by atomic mass is 32.2. The number of para-hydroxylation sites is 2. The van der Waals surface area contributed by atoms with Crippen molar-refractivity contribution in [3.63, 3.8) is 0 Å². The zero-order chi connectivity index (χ0) is 18.6. The Morgan fingerprint density at radius 3 is 2.41 bits per heavy atom. The summed E-state index contributed by atoms with van der Waals surface area (Å²) in [5, 5.41) is 5.33. The predicted octanol–water partition coefficient (Wildman–Crippen LogP) is 4.29. The first-order valence-corrected chi connectivity index (χ1v) is 10.3. The molecule has 27 heavy (non-hydrogen) atoms. The molecule has 0 unspecified atom stereocenters. The molecular formula is C21H22N4OS. The second kappa shape index (κ2) is 7.96.